The van der Waals surface area contributed by atoms with Crippen molar-refractivity contribution in [3.63, 3.8) is 0 Å². The van der Waals surface area contributed by atoms with Crippen LogP contribution in [0.1, 0.15) is 48.4 Å². The zero-order valence-corrected chi connectivity index (χ0v) is 19.3. The van der Waals surface area contributed by atoms with Gasteiger partial charge < -0.3 is 10.2 Å². The molecular weight excluding hydrogens is 410 g/mol. The molecule has 1 amide bonds. The minimum absolute atomic E-state index is 0.0760. The van der Waals surface area contributed by atoms with Crippen LogP contribution in [-0.2, 0) is 40.7 Å². The fourth-order valence-corrected chi connectivity index (χ4v) is 4.89. The predicted octanol–water partition coefficient (Wildman–Crippen LogP) is 3.00. The van der Waals surface area contributed by atoms with Gasteiger partial charge in [0.25, 0.3) is 0 Å². The molecule has 31 heavy (non-hydrogen) atoms. The first-order chi connectivity index (χ1) is 14.9. The van der Waals surface area contributed by atoms with Gasteiger partial charge >= 0.3 is 0 Å². The van der Waals surface area contributed by atoms with Gasteiger partial charge in [0.2, 0.25) is 15.9 Å². The number of carbonyl (C=O) groups is 1. The van der Waals surface area contributed by atoms with Crippen molar-refractivity contribution in [2.75, 3.05) is 20.1 Å². The highest BCUT2D eigenvalue weighted by atomic mass is 32.2. The second kappa shape index (κ2) is 10.9. The Bertz CT molecular complexity index is 1000. The Morgan fingerprint density at radius 1 is 1.03 bits per heavy atom. The molecule has 6 nitrogen and oxygen atoms in total. The Kier molecular flexibility index (Phi) is 8.23. The summed E-state index contributed by atoms with van der Waals surface area (Å²) >= 11 is 0. The first kappa shape index (κ1) is 23.4. The van der Waals surface area contributed by atoms with Gasteiger partial charge in [0.15, 0.2) is 0 Å². The van der Waals surface area contributed by atoms with Gasteiger partial charge in [0, 0.05) is 26.1 Å². The summed E-state index contributed by atoms with van der Waals surface area (Å²) in [6.07, 6.45) is 4.30. The lowest BCUT2D eigenvalue weighted by Gasteiger charge is -2.16. The summed E-state index contributed by atoms with van der Waals surface area (Å²) in [6.45, 7) is 4.46. The van der Waals surface area contributed by atoms with E-state index in [2.05, 4.69) is 41.0 Å². The van der Waals surface area contributed by atoms with Gasteiger partial charge in [0.05, 0.1) is 4.90 Å². The fraction of sp³-hybridized carbons (Fsp3) is 0.458. The highest BCUT2D eigenvalue weighted by Crippen LogP contribution is 2.24. The number of rotatable bonds is 10. The summed E-state index contributed by atoms with van der Waals surface area (Å²) < 4.78 is 27.7. The lowest BCUT2D eigenvalue weighted by atomic mass is 9.92. The lowest BCUT2D eigenvalue weighted by molar-refractivity contribution is -0.121. The molecule has 2 aromatic rings. The molecule has 2 aromatic carbocycles. The maximum absolute atomic E-state index is 12.6. The third-order valence-corrected chi connectivity index (χ3v) is 7.21. The van der Waals surface area contributed by atoms with Crippen molar-refractivity contribution in [3.8, 4) is 0 Å². The lowest BCUT2D eigenvalue weighted by Crippen LogP contribution is -2.30. The van der Waals surface area contributed by atoms with Gasteiger partial charge in [0.1, 0.15) is 0 Å². The third-order valence-electron chi connectivity index (χ3n) is 5.75. The molecule has 1 aliphatic carbocycles. The van der Waals surface area contributed by atoms with Crippen LogP contribution in [0.3, 0.4) is 0 Å². The molecule has 0 unspecified atom stereocenters. The molecule has 0 saturated carbocycles. The standard InChI is InChI=1S/C24H33N3O3S/c1-3-27(2)18-20-8-6-7-19(15-20)17-25-24(28)13-14-26-31(29,30)23-12-11-21-9-4-5-10-22(21)16-23/h6-8,11-12,15-16,26H,3-5,9-10,13-14,17-18H2,1-2H3,(H,25,28). The van der Waals surface area contributed by atoms with E-state index in [1.807, 2.05) is 18.2 Å². The van der Waals surface area contributed by atoms with Gasteiger partial charge in [-0.2, -0.15) is 0 Å². The van der Waals surface area contributed by atoms with Crippen LogP contribution in [0.4, 0.5) is 0 Å². The van der Waals surface area contributed by atoms with Crippen molar-refractivity contribution in [1.29, 1.82) is 0 Å². The molecule has 0 atom stereocenters. The third kappa shape index (κ3) is 6.89. The van der Waals surface area contributed by atoms with Crippen LogP contribution < -0.4 is 10.0 Å². The van der Waals surface area contributed by atoms with Crippen LogP contribution in [0, 0.1) is 0 Å². The first-order valence-corrected chi connectivity index (χ1v) is 12.5. The molecule has 0 spiro atoms. The van der Waals surface area contributed by atoms with Gasteiger partial charge in [-0.25, -0.2) is 13.1 Å². The van der Waals surface area contributed by atoms with Crippen LogP contribution in [0.15, 0.2) is 47.4 Å². The van der Waals surface area contributed by atoms with E-state index in [1.165, 1.54) is 11.1 Å². The zero-order chi connectivity index (χ0) is 22.3. The molecule has 0 fully saturated rings. The summed E-state index contributed by atoms with van der Waals surface area (Å²) in [5.41, 5.74) is 4.60. The number of hydrogen-bond donors (Lipinski definition) is 2. The molecule has 0 bridgehead atoms. The van der Waals surface area contributed by atoms with E-state index in [9.17, 15) is 13.2 Å². The number of sulfonamides is 1. The van der Waals surface area contributed by atoms with E-state index < -0.39 is 10.0 Å². The van der Waals surface area contributed by atoms with Crippen LogP contribution in [0.5, 0.6) is 0 Å². The van der Waals surface area contributed by atoms with Gasteiger partial charge in [-0.3, -0.25) is 4.79 Å². The van der Waals surface area contributed by atoms with Crippen molar-refractivity contribution >= 4 is 15.9 Å². The van der Waals surface area contributed by atoms with Crippen LogP contribution in [0.25, 0.3) is 0 Å². The number of aryl methyl sites for hydroxylation is 2. The number of amides is 1. The molecular formula is C24H33N3O3S. The molecule has 168 valence electrons. The topological polar surface area (TPSA) is 78.5 Å². The second-order valence-electron chi connectivity index (χ2n) is 8.21. The number of carbonyl (C=O) groups excluding carboxylic acids is 1. The molecule has 0 saturated heterocycles. The summed E-state index contributed by atoms with van der Waals surface area (Å²) in [5.74, 6) is -0.177. The largest absolute Gasteiger partial charge is 0.352 e. The summed E-state index contributed by atoms with van der Waals surface area (Å²) in [5, 5.41) is 2.87. The molecule has 0 heterocycles. The van der Waals surface area contributed by atoms with Crippen molar-refractivity contribution in [1.82, 2.24) is 14.9 Å². The van der Waals surface area contributed by atoms with Crippen LogP contribution >= 0.6 is 0 Å². The smallest absolute Gasteiger partial charge is 0.240 e. The number of hydrogen-bond acceptors (Lipinski definition) is 4. The van der Waals surface area contributed by atoms with E-state index >= 15 is 0 Å². The van der Waals surface area contributed by atoms with E-state index in [-0.39, 0.29) is 23.8 Å². The average Bonchev–Trinajstić information content (AvgIpc) is 2.77. The summed E-state index contributed by atoms with van der Waals surface area (Å²) in [6, 6.07) is 13.5. The summed E-state index contributed by atoms with van der Waals surface area (Å²) in [4.78, 5) is 14.7. The Hall–Kier alpha value is -2.22. The van der Waals surface area contributed by atoms with E-state index in [4.69, 9.17) is 0 Å². The van der Waals surface area contributed by atoms with Crippen molar-refractivity contribution in [3.05, 3.63) is 64.7 Å². The van der Waals surface area contributed by atoms with E-state index in [1.54, 1.807) is 12.1 Å². The molecule has 0 aliphatic heterocycles. The van der Waals surface area contributed by atoms with Crippen molar-refractivity contribution in [2.24, 2.45) is 0 Å². The molecule has 1 aliphatic rings. The number of nitrogens with one attached hydrogen (secondary N) is 2. The fourth-order valence-electron chi connectivity index (χ4n) is 3.81. The van der Waals surface area contributed by atoms with Crippen molar-refractivity contribution in [2.45, 2.75) is 57.0 Å². The first-order valence-electron chi connectivity index (χ1n) is 11.0. The summed E-state index contributed by atoms with van der Waals surface area (Å²) in [7, 11) is -1.54. The molecule has 0 radical (unpaired) electrons. The molecule has 2 N–H and O–H groups in total. The highest BCUT2D eigenvalue weighted by molar-refractivity contribution is 7.89. The minimum Gasteiger partial charge on any atom is -0.352 e. The molecule has 7 heteroatoms. The Labute approximate surface area is 186 Å². The van der Waals surface area contributed by atoms with Gasteiger partial charge in [-0.05, 0) is 73.7 Å². The molecule has 0 aromatic heterocycles. The SMILES string of the molecule is CCN(C)Cc1cccc(CNC(=O)CCNS(=O)(=O)c2ccc3c(c2)CCCC3)c1. The monoisotopic (exact) mass is 443 g/mol. The Morgan fingerprint density at radius 3 is 2.55 bits per heavy atom. The number of benzene rings is 2. The predicted molar refractivity (Wildman–Crippen MR) is 123 cm³/mol. The van der Waals surface area contributed by atoms with Gasteiger partial charge in [-0.1, -0.05) is 37.3 Å². The normalized spacial score (nSPS) is 13.8. The Morgan fingerprint density at radius 2 is 1.77 bits per heavy atom. The number of nitrogens with zero attached hydrogens (tertiary/aromatic N) is 1. The molecule has 3 rings (SSSR count). The van der Waals surface area contributed by atoms with Crippen LogP contribution in [-0.4, -0.2) is 39.4 Å². The van der Waals surface area contributed by atoms with Crippen LogP contribution in [0.2, 0.25) is 0 Å². The quantitative estimate of drug-likeness (QED) is 0.592. The zero-order valence-electron chi connectivity index (χ0n) is 18.5. The maximum atomic E-state index is 12.6. The van der Waals surface area contributed by atoms with Gasteiger partial charge in [-0.15, -0.1) is 0 Å². The van der Waals surface area contributed by atoms with E-state index in [0.717, 1.165) is 49.9 Å². The maximum Gasteiger partial charge on any atom is 0.240 e. The highest BCUT2D eigenvalue weighted by Gasteiger charge is 2.17. The second-order valence-corrected chi connectivity index (χ2v) is 9.98. The van der Waals surface area contributed by atoms with E-state index in [0.29, 0.717) is 6.54 Å². The Balaban J connectivity index is 1.46. The number of fused-ring (bicyclic) bond motifs is 1. The minimum atomic E-state index is -3.61. The van der Waals surface area contributed by atoms with Crippen molar-refractivity contribution < 1.29 is 13.2 Å². The average molecular weight is 444 g/mol.